The predicted molar refractivity (Wildman–Crippen MR) is 49.2 cm³/mol. The molecule has 0 saturated carbocycles. The normalized spacial score (nSPS) is 18.4. The lowest BCUT2D eigenvalue weighted by molar-refractivity contribution is 0.994. The van der Waals surface area contributed by atoms with E-state index in [0.29, 0.717) is 0 Å². The Labute approximate surface area is 67.8 Å². The van der Waals surface area contributed by atoms with Crippen LogP contribution in [0.15, 0.2) is 21.8 Å². The topological polar surface area (TPSA) is 24.7 Å². The van der Waals surface area contributed by atoms with E-state index in [4.69, 9.17) is 0 Å². The smallest absolute Gasteiger partial charge is 0.115 e. The van der Waals surface area contributed by atoms with Crippen LogP contribution in [-0.4, -0.2) is 12.1 Å². The quantitative estimate of drug-likeness (QED) is 0.549. The summed E-state index contributed by atoms with van der Waals surface area (Å²) in [7, 11) is 0. The maximum absolute atomic E-state index is 4.20. The molecule has 1 heterocycles. The molecule has 2 heteroatoms. The van der Waals surface area contributed by atoms with Crippen molar-refractivity contribution in [2.45, 2.75) is 33.1 Å². The van der Waals surface area contributed by atoms with Crippen molar-refractivity contribution in [3.05, 3.63) is 11.8 Å². The van der Waals surface area contributed by atoms with Crippen LogP contribution in [0.25, 0.3) is 0 Å². The van der Waals surface area contributed by atoms with E-state index in [9.17, 15) is 0 Å². The number of hydrogen-bond acceptors (Lipinski definition) is 2. The van der Waals surface area contributed by atoms with E-state index in [2.05, 4.69) is 23.0 Å². The fourth-order valence-corrected chi connectivity index (χ4v) is 1.00. The highest BCUT2D eigenvalue weighted by Gasteiger charge is 1.94. The van der Waals surface area contributed by atoms with E-state index in [1.54, 1.807) is 6.34 Å². The Morgan fingerprint density at radius 1 is 1.55 bits per heavy atom. The Morgan fingerprint density at radius 2 is 2.36 bits per heavy atom. The highest BCUT2D eigenvalue weighted by molar-refractivity contribution is 5.89. The van der Waals surface area contributed by atoms with Gasteiger partial charge in [-0.1, -0.05) is 13.0 Å². The number of aliphatic imine (C=N–C) groups is 2. The van der Waals surface area contributed by atoms with Gasteiger partial charge >= 0.3 is 0 Å². The van der Waals surface area contributed by atoms with Gasteiger partial charge in [-0.05, 0) is 26.2 Å². The third-order valence-corrected chi connectivity index (χ3v) is 1.75. The number of hydrogen-bond donors (Lipinski definition) is 0. The summed E-state index contributed by atoms with van der Waals surface area (Å²) in [5.41, 5.74) is 2.32. The van der Waals surface area contributed by atoms with E-state index in [1.165, 1.54) is 5.71 Å². The van der Waals surface area contributed by atoms with Crippen LogP contribution in [0.3, 0.4) is 0 Å². The minimum Gasteiger partial charge on any atom is -0.246 e. The molecular weight excluding hydrogens is 136 g/mol. The highest BCUT2D eigenvalue weighted by atomic mass is 14.9. The van der Waals surface area contributed by atoms with Crippen molar-refractivity contribution in [1.29, 1.82) is 0 Å². The van der Waals surface area contributed by atoms with Gasteiger partial charge in [0.15, 0.2) is 0 Å². The minimum absolute atomic E-state index is 1.01. The summed E-state index contributed by atoms with van der Waals surface area (Å²) in [6.07, 6.45) is 6.99. The van der Waals surface area contributed by atoms with E-state index in [-0.39, 0.29) is 0 Å². The maximum atomic E-state index is 4.20. The summed E-state index contributed by atoms with van der Waals surface area (Å²) >= 11 is 0. The molecule has 0 fully saturated rings. The minimum atomic E-state index is 1.01. The fraction of sp³-hybridized carbons (Fsp3) is 0.556. The van der Waals surface area contributed by atoms with Gasteiger partial charge in [0, 0.05) is 11.4 Å². The second-order valence-electron chi connectivity index (χ2n) is 2.70. The molecule has 0 spiro atoms. The van der Waals surface area contributed by atoms with Gasteiger partial charge in [0.1, 0.15) is 6.34 Å². The average Bonchev–Trinajstić information content (AvgIpc) is 1.96. The summed E-state index contributed by atoms with van der Waals surface area (Å²) in [5.74, 6) is 0. The third kappa shape index (κ3) is 2.66. The molecule has 0 N–H and O–H groups in total. The van der Waals surface area contributed by atoms with Crippen molar-refractivity contribution in [3.8, 4) is 0 Å². The first kappa shape index (κ1) is 8.18. The standard InChI is InChI=1S/C9H14N2/c1-3-9-6-4-5-8(2)10-7-11-9/h6-7H,3-5H2,1-2H3. The fourth-order valence-electron chi connectivity index (χ4n) is 1.00. The van der Waals surface area contributed by atoms with E-state index in [0.717, 1.165) is 25.0 Å². The largest absolute Gasteiger partial charge is 0.246 e. The van der Waals surface area contributed by atoms with Gasteiger partial charge in [0.2, 0.25) is 0 Å². The molecule has 60 valence electrons. The molecule has 0 aromatic rings. The molecule has 0 aromatic heterocycles. The highest BCUT2D eigenvalue weighted by Crippen LogP contribution is 2.07. The Balaban J connectivity index is 2.68. The Kier molecular flexibility index (Phi) is 3.02. The first-order chi connectivity index (χ1) is 5.33. The molecule has 0 aromatic carbocycles. The lowest BCUT2D eigenvalue weighted by Gasteiger charge is -2.01. The van der Waals surface area contributed by atoms with Crippen LogP contribution in [-0.2, 0) is 0 Å². The second-order valence-corrected chi connectivity index (χ2v) is 2.70. The lowest BCUT2D eigenvalue weighted by Crippen LogP contribution is -1.93. The van der Waals surface area contributed by atoms with E-state index < -0.39 is 0 Å². The summed E-state index contributed by atoms with van der Waals surface area (Å²) in [4.78, 5) is 8.37. The molecule has 0 bridgehead atoms. The molecule has 2 nitrogen and oxygen atoms in total. The van der Waals surface area contributed by atoms with Gasteiger partial charge < -0.3 is 0 Å². The second kappa shape index (κ2) is 4.06. The average molecular weight is 150 g/mol. The predicted octanol–water partition coefficient (Wildman–Crippen LogP) is 2.56. The van der Waals surface area contributed by atoms with Crippen molar-refractivity contribution in [1.82, 2.24) is 0 Å². The van der Waals surface area contributed by atoms with Crippen LogP contribution >= 0.6 is 0 Å². The van der Waals surface area contributed by atoms with Crippen molar-refractivity contribution >= 4 is 12.1 Å². The van der Waals surface area contributed by atoms with Crippen LogP contribution in [0, 0.1) is 0 Å². The zero-order valence-corrected chi connectivity index (χ0v) is 7.17. The molecule has 1 aliphatic rings. The maximum Gasteiger partial charge on any atom is 0.115 e. The van der Waals surface area contributed by atoms with Gasteiger partial charge in [-0.15, -0.1) is 0 Å². The van der Waals surface area contributed by atoms with Gasteiger partial charge in [-0.25, -0.2) is 9.98 Å². The first-order valence-electron chi connectivity index (χ1n) is 4.07. The molecule has 0 atom stereocenters. The third-order valence-electron chi connectivity index (χ3n) is 1.75. The molecule has 1 aliphatic heterocycles. The van der Waals surface area contributed by atoms with Gasteiger partial charge in [-0.2, -0.15) is 0 Å². The zero-order chi connectivity index (χ0) is 8.10. The molecule has 0 aliphatic carbocycles. The van der Waals surface area contributed by atoms with Crippen LogP contribution in [0.1, 0.15) is 33.1 Å². The van der Waals surface area contributed by atoms with Gasteiger partial charge in [0.25, 0.3) is 0 Å². The molecule has 0 saturated heterocycles. The van der Waals surface area contributed by atoms with Crippen molar-refractivity contribution in [3.63, 3.8) is 0 Å². The first-order valence-corrected chi connectivity index (χ1v) is 4.07. The van der Waals surface area contributed by atoms with Crippen LogP contribution in [0.5, 0.6) is 0 Å². The van der Waals surface area contributed by atoms with Crippen molar-refractivity contribution < 1.29 is 0 Å². The Hall–Kier alpha value is -0.920. The number of allylic oxidation sites excluding steroid dienone is 2. The molecule has 0 unspecified atom stereocenters. The van der Waals surface area contributed by atoms with Crippen LogP contribution < -0.4 is 0 Å². The number of rotatable bonds is 1. The monoisotopic (exact) mass is 150 g/mol. The molecular formula is C9H14N2. The number of nitrogens with zero attached hydrogens (tertiary/aromatic N) is 2. The van der Waals surface area contributed by atoms with Crippen LogP contribution in [0.2, 0.25) is 0 Å². The summed E-state index contributed by atoms with van der Waals surface area (Å²) in [5, 5.41) is 0. The van der Waals surface area contributed by atoms with E-state index in [1.807, 2.05) is 6.92 Å². The summed E-state index contributed by atoms with van der Waals surface area (Å²) in [6.45, 7) is 4.15. The van der Waals surface area contributed by atoms with Crippen molar-refractivity contribution in [2.75, 3.05) is 0 Å². The van der Waals surface area contributed by atoms with Crippen LogP contribution in [0.4, 0.5) is 0 Å². The van der Waals surface area contributed by atoms with Gasteiger partial charge in [0.05, 0.1) is 0 Å². The van der Waals surface area contributed by atoms with Gasteiger partial charge in [-0.3, -0.25) is 0 Å². The summed E-state index contributed by atoms with van der Waals surface area (Å²) in [6, 6.07) is 0. The van der Waals surface area contributed by atoms with E-state index >= 15 is 0 Å². The van der Waals surface area contributed by atoms with Crippen molar-refractivity contribution in [2.24, 2.45) is 9.98 Å². The molecule has 0 radical (unpaired) electrons. The SMILES string of the molecule is CCC1=CCCC(C)=NC=N1. The molecule has 0 amide bonds. The molecule has 1 rings (SSSR count). The zero-order valence-electron chi connectivity index (χ0n) is 7.17. The summed E-state index contributed by atoms with van der Waals surface area (Å²) < 4.78 is 0. The molecule has 11 heavy (non-hydrogen) atoms. The Morgan fingerprint density at radius 3 is 3.09 bits per heavy atom. The lowest BCUT2D eigenvalue weighted by atomic mass is 10.2. The Bertz CT molecular complexity index is 212.